The van der Waals surface area contributed by atoms with Gasteiger partial charge in [-0.25, -0.2) is 4.98 Å². The molecule has 2 aromatic rings. The number of pyridine rings is 1. The molecule has 2 heterocycles. The van der Waals surface area contributed by atoms with E-state index in [1.807, 2.05) is 0 Å². The number of nitrogens with one attached hydrogen (secondary N) is 2. The maximum Gasteiger partial charge on any atom is 0.432 e. The van der Waals surface area contributed by atoms with Gasteiger partial charge in [0.15, 0.2) is 5.69 Å². The fraction of sp³-hybridized carbons (Fsp3) is 0.100. The Labute approximate surface area is 99.0 Å². The number of hydrogen-bond donors (Lipinski definition) is 2. The topological polar surface area (TPSA) is 70.7 Å². The van der Waals surface area contributed by atoms with Crippen molar-refractivity contribution in [2.24, 2.45) is 0 Å². The summed E-state index contributed by atoms with van der Waals surface area (Å²) in [6.45, 7) is 0. The highest BCUT2D eigenvalue weighted by atomic mass is 19.4. The van der Waals surface area contributed by atoms with Crippen LogP contribution in [0.5, 0.6) is 0 Å². The van der Waals surface area contributed by atoms with E-state index in [0.717, 1.165) is 0 Å². The van der Waals surface area contributed by atoms with Crippen molar-refractivity contribution in [3.05, 3.63) is 41.9 Å². The van der Waals surface area contributed by atoms with E-state index in [1.54, 1.807) is 17.2 Å². The lowest BCUT2D eigenvalue weighted by Gasteiger charge is -2.01. The van der Waals surface area contributed by atoms with Gasteiger partial charge in [0.05, 0.1) is 0 Å². The van der Waals surface area contributed by atoms with Crippen LogP contribution < -0.4 is 5.32 Å². The monoisotopic (exact) mass is 256 g/mol. The van der Waals surface area contributed by atoms with E-state index in [4.69, 9.17) is 0 Å². The van der Waals surface area contributed by atoms with Crippen LogP contribution in [0.2, 0.25) is 0 Å². The molecule has 2 N–H and O–H groups in total. The number of rotatable bonds is 2. The molecule has 2 rings (SSSR count). The molecule has 18 heavy (non-hydrogen) atoms. The summed E-state index contributed by atoms with van der Waals surface area (Å²) in [6.07, 6.45) is -3.11. The van der Waals surface area contributed by atoms with Gasteiger partial charge in [0.2, 0.25) is 0 Å². The molecular formula is C10H7F3N4O. The Bertz CT molecular complexity index is 550. The van der Waals surface area contributed by atoms with E-state index < -0.39 is 17.8 Å². The van der Waals surface area contributed by atoms with Crippen molar-refractivity contribution in [2.75, 3.05) is 5.32 Å². The lowest BCUT2D eigenvalue weighted by Crippen LogP contribution is -2.13. The lowest BCUT2D eigenvalue weighted by atomic mass is 10.3. The summed E-state index contributed by atoms with van der Waals surface area (Å²) in [5.74, 6) is -0.528. The lowest BCUT2D eigenvalue weighted by molar-refractivity contribution is -0.141. The molecular weight excluding hydrogens is 249 g/mol. The third-order valence-electron chi connectivity index (χ3n) is 2.02. The van der Waals surface area contributed by atoms with Crippen LogP contribution in [0.1, 0.15) is 16.2 Å². The Morgan fingerprint density at radius 3 is 2.67 bits per heavy atom. The highest BCUT2D eigenvalue weighted by molar-refractivity contribution is 6.02. The van der Waals surface area contributed by atoms with Crippen LogP contribution in [0.15, 0.2) is 30.5 Å². The Morgan fingerprint density at radius 1 is 1.33 bits per heavy atom. The Kier molecular flexibility index (Phi) is 3.00. The first-order valence-electron chi connectivity index (χ1n) is 4.82. The number of nitrogens with zero attached hydrogens (tertiary/aromatic N) is 2. The number of anilines is 1. The van der Waals surface area contributed by atoms with Crippen molar-refractivity contribution in [3.63, 3.8) is 0 Å². The van der Waals surface area contributed by atoms with E-state index in [2.05, 4.69) is 15.4 Å². The van der Waals surface area contributed by atoms with Gasteiger partial charge in [-0.05, 0) is 12.1 Å². The van der Waals surface area contributed by atoms with Crippen LogP contribution >= 0.6 is 0 Å². The molecule has 0 radical (unpaired) electrons. The second-order valence-corrected chi connectivity index (χ2v) is 3.33. The van der Waals surface area contributed by atoms with Crippen LogP contribution in [0.4, 0.5) is 19.0 Å². The number of halogens is 3. The molecule has 0 unspecified atom stereocenters. The first-order chi connectivity index (χ1) is 8.47. The van der Waals surface area contributed by atoms with Gasteiger partial charge in [0, 0.05) is 12.3 Å². The molecule has 0 saturated carbocycles. The highest BCUT2D eigenvalue weighted by Gasteiger charge is 2.33. The zero-order chi connectivity index (χ0) is 13.2. The maximum absolute atomic E-state index is 12.3. The van der Waals surface area contributed by atoms with Gasteiger partial charge in [0.1, 0.15) is 11.5 Å². The van der Waals surface area contributed by atoms with Crippen molar-refractivity contribution in [2.45, 2.75) is 6.18 Å². The normalized spacial score (nSPS) is 11.3. The molecule has 1 amide bonds. The quantitative estimate of drug-likeness (QED) is 0.864. The average Bonchev–Trinajstić information content (AvgIpc) is 2.79. The van der Waals surface area contributed by atoms with Crippen molar-refractivity contribution >= 4 is 11.7 Å². The Hall–Kier alpha value is -2.38. The predicted octanol–water partition coefficient (Wildman–Crippen LogP) is 2.08. The van der Waals surface area contributed by atoms with Crippen LogP contribution in [-0.4, -0.2) is 21.1 Å². The maximum atomic E-state index is 12.3. The van der Waals surface area contributed by atoms with Gasteiger partial charge in [-0.3, -0.25) is 9.89 Å². The minimum absolute atomic E-state index is 0.235. The number of H-pyrrole nitrogens is 1. The first kappa shape index (κ1) is 12.1. The van der Waals surface area contributed by atoms with E-state index in [9.17, 15) is 18.0 Å². The third kappa shape index (κ3) is 2.65. The third-order valence-corrected chi connectivity index (χ3v) is 2.02. The Balaban J connectivity index is 2.13. The van der Waals surface area contributed by atoms with Crippen LogP contribution in [-0.2, 0) is 6.18 Å². The number of carbonyl (C=O) groups is 1. The average molecular weight is 256 g/mol. The van der Waals surface area contributed by atoms with Gasteiger partial charge in [-0.15, -0.1) is 0 Å². The van der Waals surface area contributed by atoms with Gasteiger partial charge in [-0.2, -0.15) is 18.3 Å². The van der Waals surface area contributed by atoms with Gasteiger partial charge >= 0.3 is 6.18 Å². The molecule has 0 bridgehead atoms. The van der Waals surface area contributed by atoms with Crippen molar-refractivity contribution in [3.8, 4) is 0 Å². The summed E-state index contributed by atoms with van der Waals surface area (Å²) in [6, 6.07) is 5.42. The molecule has 2 aromatic heterocycles. The number of amides is 1. The fourth-order valence-electron chi connectivity index (χ4n) is 1.20. The number of aromatic nitrogens is 3. The van der Waals surface area contributed by atoms with E-state index in [0.29, 0.717) is 6.07 Å². The number of alkyl halides is 3. The number of hydrogen-bond acceptors (Lipinski definition) is 3. The van der Waals surface area contributed by atoms with Gasteiger partial charge < -0.3 is 5.32 Å². The van der Waals surface area contributed by atoms with Crippen molar-refractivity contribution < 1.29 is 18.0 Å². The van der Waals surface area contributed by atoms with E-state index in [-0.39, 0.29) is 11.5 Å². The number of aromatic amines is 1. The van der Waals surface area contributed by atoms with Crippen LogP contribution in [0.3, 0.4) is 0 Å². The van der Waals surface area contributed by atoms with Crippen LogP contribution in [0.25, 0.3) is 0 Å². The van der Waals surface area contributed by atoms with Crippen LogP contribution in [0, 0.1) is 0 Å². The molecule has 5 nitrogen and oxygen atoms in total. The summed E-state index contributed by atoms with van der Waals surface area (Å²) < 4.78 is 36.8. The molecule has 0 aliphatic carbocycles. The minimum atomic E-state index is -4.56. The Morgan fingerprint density at radius 2 is 2.11 bits per heavy atom. The molecule has 0 fully saturated rings. The zero-order valence-electron chi connectivity index (χ0n) is 8.82. The molecule has 0 aromatic carbocycles. The molecule has 0 aliphatic heterocycles. The van der Waals surface area contributed by atoms with Crippen molar-refractivity contribution in [1.82, 2.24) is 15.2 Å². The molecule has 0 saturated heterocycles. The van der Waals surface area contributed by atoms with E-state index in [1.165, 1.54) is 12.3 Å². The summed E-state index contributed by atoms with van der Waals surface area (Å²) >= 11 is 0. The fourth-order valence-corrected chi connectivity index (χ4v) is 1.20. The minimum Gasteiger partial charge on any atom is -0.305 e. The zero-order valence-corrected chi connectivity index (χ0v) is 8.82. The largest absolute Gasteiger partial charge is 0.432 e. The number of carbonyl (C=O) groups excluding carboxylic acids is 1. The standard InChI is InChI=1S/C10H7F3N4O/c11-10(12,13)7-5-6(16-17-7)9(18)15-8-3-1-2-4-14-8/h1-5H,(H,16,17)(H,14,15,18). The summed E-state index contributed by atoms with van der Waals surface area (Å²) in [4.78, 5) is 15.4. The van der Waals surface area contributed by atoms with E-state index >= 15 is 0 Å². The second kappa shape index (κ2) is 4.47. The molecule has 0 spiro atoms. The summed E-state index contributed by atoms with van der Waals surface area (Å²) in [7, 11) is 0. The van der Waals surface area contributed by atoms with Gasteiger partial charge in [-0.1, -0.05) is 6.07 Å². The van der Waals surface area contributed by atoms with Gasteiger partial charge in [0.25, 0.3) is 5.91 Å². The molecule has 0 atom stereocenters. The van der Waals surface area contributed by atoms with Crippen molar-refractivity contribution in [1.29, 1.82) is 0 Å². The summed E-state index contributed by atoms with van der Waals surface area (Å²) in [5.41, 5.74) is -1.43. The molecule has 0 aliphatic rings. The smallest absolute Gasteiger partial charge is 0.305 e. The predicted molar refractivity (Wildman–Crippen MR) is 55.8 cm³/mol. The first-order valence-corrected chi connectivity index (χ1v) is 4.82. The SMILES string of the molecule is O=C(Nc1ccccn1)c1cc(C(F)(F)F)[nH]n1. The highest BCUT2D eigenvalue weighted by Crippen LogP contribution is 2.27. The molecule has 8 heteroatoms. The molecule has 94 valence electrons. The summed E-state index contributed by atoms with van der Waals surface area (Å²) in [5, 5.41) is 7.37. The second-order valence-electron chi connectivity index (χ2n) is 3.33.